The zero-order valence-electron chi connectivity index (χ0n) is 9.80. The molecule has 85 valence electrons. The number of hydrogen-bond donors (Lipinski definition) is 1. The van der Waals surface area contributed by atoms with Gasteiger partial charge in [0.1, 0.15) is 0 Å². The van der Waals surface area contributed by atoms with Gasteiger partial charge in [0.25, 0.3) is 0 Å². The van der Waals surface area contributed by atoms with Crippen molar-refractivity contribution in [2.24, 2.45) is 0 Å². The van der Waals surface area contributed by atoms with Crippen molar-refractivity contribution in [2.75, 3.05) is 6.61 Å². The first-order valence-corrected chi connectivity index (χ1v) is 6.34. The number of hydrogen-bond acceptors (Lipinski definition) is 1. The predicted molar refractivity (Wildman–Crippen MR) is 63.2 cm³/mol. The Balaban J connectivity index is 2.78. The fourth-order valence-electron chi connectivity index (χ4n) is 1.69. The minimum Gasteiger partial charge on any atom is -0.396 e. The molecule has 0 spiro atoms. The average molecular weight is 199 g/mol. The van der Waals surface area contributed by atoms with Crippen LogP contribution < -0.4 is 0 Å². The van der Waals surface area contributed by atoms with Crippen LogP contribution in [0.4, 0.5) is 0 Å². The highest BCUT2D eigenvalue weighted by Crippen LogP contribution is 2.10. The van der Waals surface area contributed by atoms with Gasteiger partial charge in [0.05, 0.1) is 0 Å². The molecule has 0 amide bonds. The average Bonchev–Trinajstić information content (AvgIpc) is 2.21. The summed E-state index contributed by atoms with van der Waals surface area (Å²) >= 11 is 0. The summed E-state index contributed by atoms with van der Waals surface area (Å²) in [7, 11) is 0. The van der Waals surface area contributed by atoms with Gasteiger partial charge in [0, 0.05) is 6.61 Å². The highest BCUT2D eigenvalue weighted by Gasteiger charge is 1.92. The van der Waals surface area contributed by atoms with Crippen LogP contribution in [-0.4, -0.2) is 11.7 Å². The van der Waals surface area contributed by atoms with Gasteiger partial charge in [-0.05, 0) is 12.8 Å². The summed E-state index contributed by atoms with van der Waals surface area (Å²) in [6.45, 7) is 2.51. The van der Waals surface area contributed by atoms with E-state index in [2.05, 4.69) is 6.92 Å². The van der Waals surface area contributed by atoms with Crippen molar-refractivity contribution in [3.8, 4) is 0 Å². The number of unbranched alkanes of at least 4 members (excludes halogenated alkanes) is 10. The van der Waals surface area contributed by atoms with E-state index in [4.69, 9.17) is 5.11 Å². The quantitative estimate of drug-likeness (QED) is 0.497. The third kappa shape index (κ3) is 12.0. The van der Waals surface area contributed by atoms with Gasteiger partial charge in [-0.2, -0.15) is 0 Å². The lowest BCUT2D eigenvalue weighted by atomic mass is 10.1. The van der Waals surface area contributed by atoms with Crippen LogP contribution in [0, 0.1) is 6.42 Å². The molecule has 14 heavy (non-hydrogen) atoms. The van der Waals surface area contributed by atoms with Gasteiger partial charge < -0.3 is 5.11 Å². The molecule has 0 aliphatic carbocycles. The summed E-state index contributed by atoms with van der Waals surface area (Å²) in [5, 5.41) is 8.53. The van der Waals surface area contributed by atoms with E-state index in [9.17, 15) is 0 Å². The van der Waals surface area contributed by atoms with E-state index in [1.54, 1.807) is 0 Å². The lowest BCUT2D eigenvalue weighted by Crippen LogP contribution is -1.85. The largest absolute Gasteiger partial charge is 0.396 e. The number of aliphatic hydroxyl groups excluding tert-OH is 1. The first kappa shape index (κ1) is 14.0. The molecule has 0 aromatic carbocycles. The molecule has 0 aromatic heterocycles. The lowest BCUT2D eigenvalue weighted by molar-refractivity contribution is 0.322. The maximum absolute atomic E-state index is 8.53. The Bertz CT molecular complexity index is 79.2. The van der Waals surface area contributed by atoms with E-state index in [-0.39, 0.29) is 6.61 Å². The Morgan fingerprint density at radius 2 is 1.29 bits per heavy atom. The third-order valence-corrected chi connectivity index (χ3v) is 2.64. The second-order valence-corrected chi connectivity index (χ2v) is 4.09. The molecule has 0 aromatic rings. The highest BCUT2D eigenvalue weighted by molar-refractivity contribution is 4.61. The second-order valence-electron chi connectivity index (χ2n) is 4.09. The molecule has 0 saturated heterocycles. The molecule has 0 atom stereocenters. The fourth-order valence-corrected chi connectivity index (χ4v) is 1.69. The summed E-state index contributed by atoms with van der Waals surface area (Å²) in [6.07, 6.45) is 15.5. The molecule has 1 radical (unpaired) electrons. The van der Waals surface area contributed by atoms with Gasteiger partial charge in [-0.15, -0.1) is 0 Å². The van der Waals surface area contributed by atoms with Crippen molar-refractivity contribution in [3.63, 3.8) is 0 Å². The first-order chi connectivity index (χ1) is 6.91. The molecule has 1 N–H and O–H groups in total. The minimum atomic E-state index is 0.247. The molecule has 0 unspecified atom stereocenters. The van der Waals surface area contributed by atoms with Crippen LogP contribution in [0.25, 0.3) is 0 Å². The van der Waals surface area contributed by atoms with Gasteiger partial charge >= 0.3 is 0 Å². The van der Waals surface area contributed by atoms with Crippen molar-refractivity contribution in [3.05, 3.63) is 6.42 Å². The molecule has 1 nitrogen and oxygen atoms in total. The summed E-state index contributed by atoms with van der Waals surface area (Å²) in [4.78, 5) is 0. The normalized spacial score (nSPS) is 10.7. The first-order valence-electron chi connectivity index (χ1n) is 6.34. The summed E-state index contributed by atoms with van der Waals surface area (Å²) in [5.41, 5.74) is 0. The molecular formula is C13H27O. The van der Waals surface area contributed by atoms with Crippen molar-refractivity contribution < 1.29 is 5.11 Å². The third-order valence-electron chi connectivity index (χ3n) is 2.64. The minimum absolute atomic E-state index is 0.247. The van der Waals surface area contributed by atoms with Crippen LogP contribution >= 0.6 is 0 Å². The topological polar surface area (TPSA) is 20.2 Å². The maximum Gasteiger partial charge on any atom is 0.0462 e. The Kier molecular flexibility index (Phi) is 12.9. The van der Waals surface area contributed by atoms with E-state index in [1.807, 2.05) is 6.42 Å². The Morgan fingerprint density at radius 3 is 1.79 bits per heavy atom. The van der Waals surface area contributed by atoms with Gasteiger partial charge in [0.15, 0.2) is 0 Å². The molecule has 0 rings (SSSR count). The van der Waals surface area contributed by atoms with E-state index >= 15 is 0 Å². The van der Waals surface area contributed by atoms with Crippen LogP contribution in [0.2, 0.25) is 0 Å². The predicted octanol–water partition coefficient (Wildman–Crippen LogP) is 4.10. The van der Waals surface area contributed by atoms with E-state index < -0.39 is 0 Å². The summed E-state index contributed by atoms with van der Waals surface area (Å²) < 4.78 is 0. The standard InChI is InChI=1S/C13H27O/c1-2-3-4-5-6-7-8-9-10-11-12-13-14/h12,14H,2-11,13H2,1H3. The van der Waals surface area contributed by atoms with Crippen molar-refractivity contribution in [2.45, 2.75) is 71.1 Å². The van der Waals surface area contributed by atoms with Gasteiger partial charge in [-0.1, -0.05) is 64.7 Å². The molecular weight excluding hydrogens is 172 g/mol. The monoisotopic (exact) mass is 199 g/mol. The summed E-state index contributed by atoms with van der Waals surface area (Å²) in [5.74, 6) is 0. The molecule has 0 aliphatic heterocycles. The molecule has 0 fully saturated rings. The van der Waals surface area contributed by atoms with E-state index in [0.717, 1.165) is 6.42 Å². The van der Waals surface area contributed by atoms with E-state index in [1.165, 1.54) is 57.8 Å². The highest BCUT2D eigenvalue weighted by atomic mass is 16.2. The van der Waals surface area contributed by atoms with Crippen LogP contribution in [0.5, 0.6) is 0 Å². The fraction of sp³-hybridized carbons (Fsp3) is 0.923. The smallest absolute Gasteiger partial charge is 0.0462 e. The lowest BCUT2D eigenvalue weighted by Gasteiger charge is -2.01. The second kappa shape index (κ2) is 13.0. The van der Waals surface area contributed by atoms with Crippen LogP contribution in [0.3, 0.4) is 0 Å². The SMILES string of the molecule is CCCCCCCCCCC[CH]CO. The van der Waals surface area contributed by atoms with Crippen molar-refractivity contribution in [1.29, 1.82) is 0 Å². The molecule has 1 heteroatoms. The Hall–Kier alpha value is -0.0400. The summed E-state index contributed by atoms with van der Waals surface area (Å²) in [6, 6.07) is 0. The Labute approximate surface area is 89.9 Å². The zero-order chi connectivity index (χ0) is 10.5. The number of rotatable bonds is 11. The zero-order valence-corrected chi connectivity index (χ0v) is 9.80. The van der Waals surface area contributed by atoms with Crippen molar-refractivity contribution >= 4 is 0 Å². The molecule has 0 saturated carbocycles. The van der Waals surface area contributed by atoms with Crippen LogP contribution in [-0.2, 0) is 0 Å². The van der Waals surface area contributed by atoms with E-state index in [0.29, 0.717) is 0 Å². The molecule has 0 heterocycles. The van der Waals surface area contributed by atoms with Gasteiger partial charge in [-0.25, -0.2) is 0 Å². The maximum atomic E-state index is 8.53. The molecule has 0 aliphatic rings. The number of aliphatic hydroxyl groups is 1. The van der Waals surface area contributed by atoms with Gasteiger partial charge in [0.2, 0.25) is 0 Å². The Morgan fingerprint density at radius 1 is 0.786 bits per heavy atom. The molecule has 0 bridgehead atoms. The van der Waals surface area contributed by atoms with Crippen molar-refractivity contribution in [1.82, 2.24) is 0 Å². The van der Waals surface area contributed by atoms with Gasteiger partial charge in [-0.3, -0.25) is 0 Å². The van der Waals surface area contributed by atoms with Crippen LogP contribution in [0.15, 0.2) is 0 Å². The van der Waals surface area contributed by atoms with Crippen LogP contribution in [0.1, 0.15) is 71.1 Å².